The molecule has 1 aromatic heterocycles. The number of para-hydroxylation sites is 4. The van der Waals surface area contributed by atoms with Gasteiger partial charge in [-0.25, -0.2) is 0 Å². The Kier molecular flexibility index (Phi) is 34.2. The molecule has 21 nitrogen and oxygen atoms in total. The number of hydrogen-bond acceptors (Lipinski definition) is 20. The second-order valence-electron chi connectivity index (χ2n) is 11.0. The average Bonchev–Trinajstić information content (AvgIpc) is 3.90. The Balaban J connectivity index is 0. The predicted octanol–water partition coefficient (Wildman–Crippen LogP) is 6.11. The zero-order valence-corrected chi connectivity index (χ0v) is 37.2. The van der Waals surface area contributed by atoms with Gasteiger partial charge in [0.1, 0.15) is 18.0 Å². The van der Waals surface area contributed by atoms with Crippen molar-refractivity contribution in [2.45, 2.75) is 20.3 Å². The topological polar surface area (TPSA) is 301 Å². The van der Waals surface area contributed by atoms with E-state index in [1.54, 1.807) is 72.8 Å². The molecule has 0 aliphatic rings. The van der Waals surface area contributed by atoms with E-state index in [2.05, 4.69) is 20.6 Å². The molecule has 1 heterocycles. The van der Waals surface area contributed by atoms with Crippen LogP contribution in [0.3, 0.4) is 0 Å². The average molecular weight is 938 g/mol. The van der Waals surface area contributed by atoms with Crippen molar-refractivity contribution in [2.24, 2.45) is 0 Å². The number of halogens is 1. The van der Waals surface area contributed by atoms with Crippen molar-refractivity contribution in [1.82, 2.24) is 20.6 Å². The zero-order chi connectivity index (χ0) is 48.8. The number of H-pyrrole nitrogens is 1. The van der Waals surface area contributed by atoms with E-state index in [-0.39, 0.29) is 44.4 Å². The molecule has 0 saturated carbocycles. The number of alkyl halides is 1. The van der Waals surface area contributed by atoms with Crippen LogP contribution in [0.4, 0.5) is 0 Å². The first-order valence-electron chi connectivity index (χ1n) is 18.2. The maximum atomic E-state index is 10.9. The Morgan fingerprint density at radius 2 is 1.05 bits per heavy atom. The number of phenolic OH excluding ortho intramolecular Hbond substituents is 1. The van der Waals surface area contributed by atoms with Crippen molar-refractivity contribution in [3.05, 3.63) is 101 Å². The first-order valence-corrected chi connectivity index (χ1v) is 18.7. The highest BCUT2D eigenvalue weighted by atomic mass is 35.5. The summed E-state index contributed by atoms with van der Waals surface area (Å²) in [5.41, 5.74) is 1.71. The number of tetrazole rings is 1. The van der Waals surface area contributed by atoms with E-state index in [9.17, 15) is 19.5 Å². The Bertz CT molecular complexity index is 2260. The quantitative estimate of drug-likeness (QED) is 0.0538. The van der Waals surface area contributed by atoms with Crippen LogP contribution in [0.1, 0.15) is 56.2 Å². The number of carbonyl (C=O) groups excluding carboxylic acids is 3. The van der Waals surface area contributed by atoms with Crippen LogP contribution < -0.4 is 33.2 Å². The van der Waals surface area contributed by atoms with Gasteiger partial charge < -0.3 is 52.8 Å². The molecule has 0 spiro atoms. The van der Waals surface area contributed by atoms with Gasteiger partial charge in [0, 0.05) is 21.3 Å². The summed E-state index contributed by atoms with van der Waals surface area (Å²) in [5, 5.41) is 53.8. The molecule has 4 aromatic carbocycles. The molecule has 0 unspecified atom stereocenters. The summed E-state index contributed by atoms with van der Waals surface area (Å²) >= 11 is 4.82. The molecule has 0 radical (unpaired) electrons. The van der Waals surface area contributed by atoms with Gasteiger partial charge in [0.25, 0.3) is 0 Å². The summed E-state index contributed by atoms with van der Waals surface area (Å²) in [6.07, 6.45) is 1.39. The number of aliphatic hydroxyl groups is 1. The number of aldehydes is 3. The summed E-state index contributed by atoms with van der Waals surface area (Å²) in [4.78, 5) is 31.8. The van der Waals surface area contributed by atoms with Crippen molar-refractivity contribution in [3.8, 4) is 64.2 Å². The summed E-state index contributed by atoms with van der Waals surface area (Å²) in [7, 11) is 10.0. The number of benzene rings is 4. The number of phenols is 1. The number of aliphatic hydroxyl groups excluding tert-OH is 1. The number of hydrogen-bond donors (Lipinski definition) is 3. The lowest BCUT2D eigenvalue weighted by molar-refractivity contribution is -0.107. The van der Waals surface area contributed by atoms with Gasteiger partial charge in [-0.2, -0.15) is 21.0 Å². The molecule has 66 heavy (non-hydrogen) atoms. The summed E-state index contributed by atoms with van der Waals surface area (Å²) in [6.45, 7) is -0.0630. The molecule has 0 aliphatic heterocycles. The molecule has 0 bridgehead atoms. The van der Waals surface area contributed by atoms with Crippen molar-refractivity contribution < 1.29 is 67.2 Å². The monoisotopic (exact) mass is 937 g/mol. The maximum absolute atomic E-state index is 10.9. The number of aromatic nitrogens is 4. The summed E-state index contributed by atoms with van der Waals surface area (Å²) in [6, 6.07) is 25.5. The minimum atomic E-state index is -0.557. The molecule has 0 atom stereocenters. The Morgan fingerprint density at radius 3 is 1.44 bits per heavy atom. The molecule has 22 heteroatoms. The van der Waals surface area contributed by atoms with Gasteiger partial charge in [-0.05, 0) is 48.5 Å². The van der Waals surface area contributed by atoms with Crippen LogP contribution in [-0.2, 0) is 16.1 Å². The lowest BCUT2D eigenvalue weighted by atomic mass is 10.1. The number of nitriles is 3. The highest BCUT2D eigenvalue weighted by Gasteiger charge is 2.19. The van der Waals surface area contributed by atoms with Crippen molar-refractivity contribution in [1.29, 1.82) is 15.8 Å². The number of nitrogens with zero attached hydrogens (tertiary/aromatic N) is 6. The van der Waals surface area contributed by atoms with Gasteiger partial charge in [-0.15, -0.1) is 21.8 Å². The SMILES string of the molecule is C.CO.COc1cccc(C(OC)OC)c1OCC#N.COc1cccc(C=O)c1O.COc1cccc(C=O)c1OCC#N.COc1cccc(C=O)c1OCc1nn[nH]n1.N#CCCl. The number of nitrogens with one attached hydrogen (secondary N) is 1. The zero-order valence-electron chi connectivity index (χ0n) is 36.4. The van der Waals surface area contributed by atoms with Gasteiger partial charge >= 0.3 is 0 Å². The third-order valence-electron chi connectivity index (χ3n) is 7.36. The molecule has 0 saturated heterocycles. The largest absolute Gasteiger partial charge is 0.504 e. The molecule has 0 amide bonds. The Labute approximate surface area is 387 Å². The molecular formula is C44H52ClN7O14. The maximum Gasteiger partial charge on any atom is 0.211 e. The summed E-state index contributed by atoms with van der Waals surface area (Å²) in [5.74, 6) is 3.32. The van der Waals surface area contributed by atoms with E-state index < -0.39 is 6.29 Å². The first-order chi connectivity index (χ1) is 31.7. The minimum absolute atomic E-state index is 0. The van der Waals surface area contributed by atoms with E-state index in [4.69, 9.17) is 75.1 Å². The molecule has 3 N–H and O–H groups in total. The fourth-order valence-electron chi connectivity index (χ4n) is 4.65. The third-order valence-corrected chi connectivity index (χ3v) is 7.48. The standard InChI is InChI=1S/C12H15NO4.C10H10N4O3.C10H9NO3.C8H8O3.C2H2ClN.CH4O.CH4/c1-14-10-6-4-5-9(12(15-2)16-3)11(10)17-8-7-13;1-16-8-4-2-3-7(5-15)10(8)17-6-9-11-13-14-12-9;1-13-9-4-2-3-8(7-12)10(9)14-6-5-11;1-11-7-4-2-3-6(5-9)8(7)10;3-1-2-4;1-2;/h4-6,12H,8H2,1-3H3;2-5H,6H2,1H3,(H,11,12,13,14);2-4,7H,6H2,1H3;2-5,10H,1H3;1H2;2H,1H3;1H4. The normalized spacial score (nSPS) is 8.95. The number of ether oxygens (including phenoxy) is 9. The van der Waals surface area contributed by atoms with Crippen LogP contribution >= 0.6 is 11.6 Å². The van der Waals surface area contributed by atoms with Gasteiger partial charge in [-0.3, -0.25) is 14.4 Å². The van der Waals surface area contributed by atoms with E-state index in [1.165, 1.54) is 48.7 Å². The van der Waals surface area contributed by atoms with Crippen molar-refractivity contribution >= 4 is 30.5 Å². The Morgan fingerprint density at radius 1 is 0.636 bits per heavy atom. The fourth-order valence-corrected chi connectivity index (χ4v) is 4.65. The van der Waals surface area contributed by atoms with Crippen LogP contribution in [-0.4, -0.2) is 119 Å². The van der Waals surface area contributed by atoms with Crippen molar-refractivity contribution in [3.63, 3.8) is 0 Å². The van der Waals surface area contributed by atoms with E-state index >= 15 is 0 Å². The van der Waals surface area contributed by atoms with Crippen LogP contribution in [0.5, 0.6) is 46.0 Å². The molecule has 0 fully saturated rings. The van der Waals surface area contributed by atoms with E-state index in [0.29, 0.717) is 81.6 Å². The number of aromatic hydroxyl groups is 1. The van der Waals surface area contributed by atoms with E-state index in [1.807, 2.05) is 12.1 Å². The van der Waals surface area contributed by atoms with Crippen LogP contribution in [0.25, 0.3) is 0 Å². The molecule has 0 aliphatic carbocycles. The summed E-state index contributed by atoms with van der Waals surface area (Å²) < 4.78 is 46.3. The lowest BCUT2D eigenvalue weighted by Gasteiger charge is -2.18. The van der Waals surface area contributed by atoms with Crippen molar-refractivity contribution in [2.75, 3.05) is 68.9 Å². The number of aromatic amines is 1. The van der Waals surface area contributed by atoms with Crippen LogP contribution in [0, 0.1) is 34.0 Å². The first kappa shape index (κ1) is 60.1. The lowest BCUT2D eigenvalue weighted by Crippen LogP contribution is -2.08. The second kappa shape index (κ2) is 37.5. The highest BCUT2D eigenvalue weighted by molar-refractivity contribution is 6.19. The molecule has 5 aromatic rings. The Hall–Kier alpha value is -8.00. The molecule has 354 valence electrons. The van der Waals surface area contributed by atoms with E-state index in [0.717, 1.165) is 7.11 Å². The minimum Gasteiger partial charge on any atom is -0.504 e. The third kappa shape index (κ3) is 20.5. The second-order valence-corrected chi connectivity index (χ2v) is 11.3. The predicted molar refractivity (Wildman–Crippen MR) is 238 cm³/mol. The molecular weight excluding hydrogens is 886 g/mol. The number of methoxy groups -OCH3 is 6. The van der Waals surface area contributed by atoms with Crippen LogP contribution in [0.15, 0.2) is 72.8 Å². The highest BCUT2D eigenvalue weighted by Crippen LogP contribution is 2.36. The fraction of sp³-hybridized carbons (Fsp3) is 0.295. The smallest absolute Gasteiger partial charge is 0.211 e. The number of carbonyl (C=O) groups is 3. The number of rotatable bonds is 17. The van der Waals surface area contributed by atoms with Gasteiger partial charge in [0.05, 0.1) is 56.8 Å². The van der Waals surface area contributed by atoms with Crippen LogP contribution in [0.2, 0.25) is 0 Å². The molecule has 5 rings (SSSR count). The van der Waals surface area contributed by atoms with Gasteiger partial charge in [0.2, 0.25) is 5.82 Å². The van der Waals surface area contributed by atoms with Gasteiger partial charge in [-0.1, -0.05) is 36.9 Å². The van der Waals surface area contributed by atoms with Gasteiger partial charge in [0.15, 0.2) is 91.0 Å².